The van der Waals surface area contributed by atoms with E-state index >= 15 is 0 Å². The third kappa shape index (κ3) is 6.28. The molecule has 0 rings (SSSR count). The molecule has 0 aromatic carbocycles. The normalized spacial score (nSPS) is 17.8. The lowest BCUT2D eigenvalue weighted by molar-refractivity contribution is -0.0272. The highest BCUT2D eigenvalue weighted by atomic mass is 16.3. The fourth-order valence-corrected chi connectivity index (χ4v) is 1.17. The van der Waals surface area contributed by atoms with Crippen LogP contribution < -0.4 is 0 Å². The third-order valence-corrected chi connectivity index (χ3v) is 2.08. The Labute approximate surface area is 83.6 Å². The summed E-state index contributed by atoms with van der Waals surface area (Å²) in [6, 6.07) is 0. The molecule has 3 unspecified atom stereocenters. The molecule has 0 saturated heterocycles. The van der Waals surface area contributed by atoms with Gasteiger partial charge in [-0.05, 0) is 19.3 Å². The summed E-state index contributed by atoms with van der Waals surface area (Å²) in [6.07, 6.45) is -1.33. The minimum Gasteiger partial charge on any atom is -0.396 e. The summed E-state index contributed by atoms with van der Waals surface area (Å²) < 4.78 is 0. The second-order valence-corrected chi connectivity index (χ2v) is 3.43. The van der Waals surface area contributed by atoms with Crippen molar-refractivity contribution in [1.82, 2.24) is 0 Å². The van der Waals surface area contributed by atoms with Gasteiger partial charge in [-0.1, -0.05) is 0 Å². The van der Waals surface area contributed by atoms with Crippen LogP contribution >= 0.6 is 0 Å². The first-order chi connectivity index (χ1) is 6.61. The van der Waals surface area contributed by atoms with E-state index in [1.54, 1.807) is 0 Å². The van der Waals surface area contributed by atoms with Gasteiger partial charge < -0.3 is 25.5 Å². The molecule has 0 radical (unpaired) electrons. The highest BCUT2D eigenvalue weighted by Gasteiger charge is 2.18. The Balaban J connectivity index is 3.58. The van der Waals surface area contributed by atoms with Crippen molar-refractivity contribution >= 4 is 0 Å². The molecular weight excluding hydrogens is 188 g/mol. The second kappa shape index (κ2) is 8.14. The topological polar surface area (TPSA) is 101 Å². The van der Waals surface area contributed by atoms with Gasteiger partial charge in [0.05, 0.1) is 24.9 Å². The standard InChI is InChI=1S/C9H20O5/c10-4-2-1-3-8(13)9(14)5-7(12)6-11/h7-14H,1-6H2. The van der Waals surface area contributed by atoms with Crippen LogP contribution in [0, 0.1) is 0 Å². The van der Waals surface area contributed by atoms with Crippen LogP contribution in [0.2, 0.25) is 0 Å². The molecule has 3 atom stereocenters. The fraction of sp³-hybridized carbons (Fsp3) is 1.00. The summed E-state index contributed by atoms with van der Waals surface area (Å²) in [5.41, 5.74) is 0. The molecule has 5 N–H and O–H groups in total. The van der Waals surface area contributed by atoms with E-state index in [0.29, 0.717) is 19.3 Å². The molecule has 0 fully saturated rings. The summed E-state index contributed by atoms with van der Waals surface area (Å²) in [6.45, 7) is -0.345. The fourth-order valence-electron chi connectivity index (χ4n) is 1.17. The van der Waals surface area contributed by atoms with Crippen molar-refractivity contribution in [1.29, 1.82) is 0 Å². The van der Waals surface area contributed by atoms with Crippen LogP contribution in [0.1, 0.15) is 25.7 Å². The van der Waals surface area contributed by atoms with Crippen molar-refractivity contribution in [3.8, 4) is 0 Å². The van der Waals surface area contributed by atoms with Crippen molar-refractivity contribution in [3.05, 3.63) is 0 Å². The van der Waals surface area contributed by atoms with Crippen LogP contribution in [0.4, 0.5) is 0 Å². The number of aliphatic hydroxyl groups is 5. The molecule has 14 heavy (non-hydrogen) atoms. The molecule has 0 saturated carbocycles. The lowest BCUT2D eigenvalue weighted by atomic mass is 10.0. The van der Waals surface area contributed by atoms with Gasteiger partial charge in [0.15, 0.2) is 0 Å². The van der Waals surface area contributed by atoms with E-state index in [1.165, 1.54) is 0 Å². The Kier molecular flexibility index (Phi) is 8.02. The molecule has 0 aromatic rings. The summed E-state index contributed by atoms with van der Waals surface area (Å²) in [4.78, 5) is 0. The predicted octanol–water partition coefficient (Wildman–Crippen LogP) is -1.39. The van der Waals surface area contributed by atoms with E-state index in [4.69, 9.17) is 15.3 Å². The van der Waals surface area contributed by atoms with E-state index in [1.807, 2.05) is 0 Å². The molecular formula is C9H20O5. The molecule has 0 aliphatic carbocycles. The smallest absolute Gasteiger partial charge is 0.0824 e. The van der Waals surface area contributed by atoms with E-state index in [9.17, 15) is 10.2 Å². The summed E-state index contributed by atoms with van der Waals surface area (Å²) in [5.74, 6) is 0. The Hall–Kier alpha value is -0.200. The third-order valence-electron chi connectivity index (χ3n) is 2.08. The molecule has 0 aliphatic rings. The van der Waals surface area contributed by atoms with Gasteiger partial charge >= 0.3 is 0 Å². The van der Waals surface area contributed by atoms with Crippen LogP contribution in [0.25, 0.3) is 0 Å². The molecule has 86 valence electrons. The summed E-state index contributed by atoms with van der Waals surface area (Å²) in [7, 11) is 0. The van der Waals surface area contributed by atoms with Crippen molar-refractivity contribution in [2.24, 2.45) is 0 Å². The quantitative estimate of drug-likeness (QED) is 0.316. The van der Waals surface area contributed by atoms with Crippen LogP contribution in [-0.4, -0.2) is 57.1 Å². The van der Waals surface area contributed by atoms with Crippen LogP contribution in [0.3, 0.4) is 0 Å². The Morgan fingerprint density at radius 2 is 1.50 bits per heavy atom. The van der Waals surface area contributed by atoms with Gasteiger partial charge in [-0.2, -0.15) is 0 Å². The van der Waals surface area contributed by atoms with Crippen molar-refractivity contribution in [2.75, 3.05) is 13.2 Å². The first-order valence-electron chi connectivity index (χ1n) is 4.87. The highest BCUT2D eigenvalue weighted by Crippen LogP contribution is 2.09. The Morgan fingerprint density at radius 3 is 2.00 bits per heavy atom. The van der Waals surface area contributed by atoms with E-state index in [0.717, 1.165) is 0 Å². The monoisotopic (exact) mass is 208 g/mol. The maximum atomic E-state index is 9.36. The summed E-state index contributed by atoms with van der Waals surface area (Å²) >= 11 is 0. The molecule has 0 aliphatic heterocycles. The minimum absolute atomic E-state index is 0.0310. The van der Waals surface area contributed by atoms with Crippen molar-refractivity contribution in [2.45, 2.75) is 44.0 Å². The van der Waals surface area contributed by atoms with Crippen LogP contribution in [-0.2, 0) is 0 Å². The average Bonchev–Trinajstić information content (AvgIpc) is 2.17. The predicted molar refractivity (Wildman–Crippen MR) is 50.7 cm³/mol. The van der Waals surface area contributed by atoms with Crippen LogP contribution in [0.15, 0.2) is 0 Å². The average molecular weight is 208 g/mol. The SMILES string of the molecule is OCCCCC(O)C(O)CC(O)CO. The number of aliphatic hydroxyl groups excluding tert-OH is 5. The van der Waals surface area contributed by atoms with Crippen LogP contribution in [0.5, 0.6) is 0 Å². The Bertz CT molecular complexity index is 130. The highest BCUT2D eigenvalue weighted by molar-refractivity contribution is 4.70. The molecule has 5 nitrogen and oxygen atoms in total. The first-order valence-corrected chi connectivity index (χ1v) is 4.87. The van der Waals surface area contributed by atoms with Gasteiger partial charge in [0.25, 0.3) is 0 Å². The molecule has 5 heteroatoms. The zero-order chi connectivity index (χ0) is 11.0. The molecule has 0 spiro atoms. The van der Waals surface area contributed by atoms with E-state index in [2.05, 4.69) is 0 Å². The zero-order valence-corrected chi connectivity index (χ0v) is 8.21. The number of hydrogen-bond acceptors (Lipinski definition) is 5. The van der Waals surface area contributed by atoms with E-state index in [-0.39, 0.29) is 13.0 Å². The van der Waals surface area contributed by atoms with Gasteiger partial charge in [-0.3, -0.25) is 0 Å². The molecule has 0 heterocycles. The zero-order valence-electron chi connectivity index (χ0n) is 8.21. The number of unbranched alkanes of at least 4 members (excludes halogenated alkanes) is 1. The van der Waals surface area contributed by atoms with Gasteiger partial charge in [0.2, 0.25) is 0 Å². The van der Waals surface area contributed by atoms with Gasteiger partial charge in [0.1, 0.15) is 0 Å². The second-order valence-electron chi connectivity index (χ2n) is 3.43. The maximum absolute atomic E-state index is 9.36. The lowest BCUT2D eigenvalue weighted by Crippen LogP contribution is -2.31. The minimum atomic E-state index is -1.02. The molecule has 0 aromatic heterocycles. The molecule has 0 bridgehead atoms. The van der Waals surface area contributed by atoms with E-state index < -0.39 is 24.9 Å². The van der Waals surface area contributed by atoms with Gasteiger partial charge in [0, 0.05) is 13.0 Å². The lowest BCUT2D eigenvalue weighted by Gasteiger charge is -2.19. The van der Waals surface area contributed by atoms with Crippen molar-refractivity contribution in [3.63, 3.8) is 0 Å². The first kappa shape index (κ1) is 13.8. The largest absolute Gasteiger partial charge is 0.396 e. The maximum Gasteiger partial charge on any atom is 0.0824 e. The number of hydrogen-bond donors (Lipinski definition) is 5. The van der Waals surface area contributed by atoms with Gasteiger partial charge in [-0.25, -0.2) is 0 Å². The number of rotatable bonds is 8. The Morgan fingerprint density at radius 1 is 0.857 bits per heavy atom. The van der Waals surface area contributed by atoms with Gasteiger partial charge in [-0.15, -0.1) is 0 Å². The summed E-state index contributed by atoms with van der Waals surface area (Å²) in [5, 5.41) is 44.7. The molecule has 0 amide bonds. The van der Waals surface area contributed by atoms with Crippen molar-refractivity contribution < 1.29 is 25.5 Å².